The summed E-state index contributed by atoms with van der Waals surface area (Å²) in [6, 6.07) is 10.1. The molecule has 0 amide bonds. The molecular formula is C22H23ClN4O5P+. The molecule has 11 heteroatoms. The fourth-order valence-corrected chi connectivity index (χ4v) is 4.56. The number of rotatable bonds is 6. The molecule has 9 nitrogen and oxygen atoms in total. The molecule has 2 aliphatic heterocycles. The number of esters is 1. The SMILES string of the molecule is COC(=O)CC[C@@H]1N=C(c2ccccn2)c2cc(Cl)ccc2N=C1O[P+](=O)N1CCOCC1. The highest BCUT2D eigenvalue weighted by atomic mass is 35.5. The fraction of sp³-hybridized carbons (Fsp3) is 0.364. The summed E-state index contributed by atoms with van der Waals surface area (Å²) in [7, 11) is -0.878. The van der Waals surface area contributed by atoms with Crippen molar-refractivity contribution >= 4 is 43.0 Å². The van der Waals surface area contributed by atoms with E-state index in [0.29, 0.717) is 54.0 Å². The van der Waals surface area contributed by atoms with E-state index in [4.69, 9.17) is 30.6 Å². The van der Waals surface area contributed by atoms with E-state index in [1.807, 2.05) is 18.2 Å². The zero-order chi connectivity index (χ0) is 23.2. The Morgan fingerprint density at radius 2 is 2.09 bits per heavy atom. The number of aromatic nitrogens is 1. The third-order valence-electron chi connectivity index (χ3n) is 5.16. The summed E-state index contributed by atoms with van der Waals surface area (Å²) in [6.07, 6.45) is 2.02. The van der Waals surface area contributed by atoms with Gasteiger partial charge in [-0.2, -0.15) is 0 Å². The second kappa shape index (κ2) is 10.9. The van der Waals surface area contributed by atoms with Gasteiger partial charge in [-0.25, -0.2) is 9.52 Å². The van der Waals surface area contributed by atoms with Gasteiger partial charge in [0.05, 0.1) is 50.5 Å². The van der Waals surface area contributed by atoms with Crippen molar-refractivity contribution in [3.63, 3.8) is 0 Å². The van der Waals surface area contributed by atoms with E-state index in [0.717, 1.165) is 0 Å². The van der Waals surface area contributed by atoms with E-state index < -0.39 is 14.2 Å². The maximum Gasteiger partial charge on any atom is 0.667 e. The number of hydrogen-bond donors (Lipinski definition) is 0. The van der Waals surface area contributed by atoms with Crippen LogP contribution in [0.15, 0.2) is 52.6 Å². The van der Waals surface area contributed by atoms with E-state index >= 15 is 0 Å². The van der Waals surface area contributed by atoms with Crippen LogP contribution in [0.2, 0.25) is 5.02 Å². The smallest absolute Gasteiger partial charge is 0.469 e. The lowest BCUT2D eigenvalue weighted by molar-refractivity contribution is -0.140. The molecule has 2 aromatic rings. The molecule has 2 aliphatic rings. The predicted octanol–water partition coefficient (Wildman–Crippen LogP) is 3.94. The Morgan fingerprint density at radius 1 is 1.27 bits per heavy atom. The number of methoxy groups -OCH3 is 1. The second-order valence-corrected chi connectivity index (χ2v) is 8.99. The van der Waals surface area contributed by atoms with Crippen LogP contribution in [0.3, 0.4) is 0 Å². The van der Waals surface area contributed by atoms with Crippen molar-refractivity contribution in [3.05, 3.63) is 58.9 Å². The quantitative estimate of drug-likeness (QED) is 0.447. The second-order valence-electron chi connectivity index (χ2n) is 7.33. The number of fused-ring (bicyclic) bond motifs is 1. The van der Waals surface area contributed by atoms with Crippen LogP contribution < -0.4 is 0 Å². The van der Waals surface area contributed by atoms with E-state index in [2.05, 4.69) is 9.98 Å². The fourth-order valence-electron chi connectivity index (χ4n) is 3.46. The highest BCUT2D eigenvalue weighted by Gasteiger charge is 2.38. The molecule has 2 atom stereocenters. The summed E-state index contributed by atoms with van der Waals surface area (Å²) in [6.45, 7) is 1.94. The molecule has 0 N–H and O–H groups in total. The van der Waals surface area contributed by atoms with Gasteiger partial charge in [0.2, 0.25) is 0 Å². The third kappa shape index (κ3) is 5.81. The highest BCUT2D eigenvalue weighted by Crippen LogP contribution is 2.35. The average Bonchev–Trinajstić information content (AvgIpc) is 3.00. The Labute approximate surface area is 197 Å². The minimum absolute atomic E-state index is 0.0913. The third-order valence-corrected chi connectivity index (χ3v) is 6.60. The Balaban J connectivity index is 1.75. The number of nitrogens with zero attached hydrogens (tertiary/aromatic N) is 4. The normalized spacial score (nSPS) is 19.0. The van der Waals surface area contributed by atoms with Gasteiger partial charge in [-0.05, 0) is 36.8 Å². The number of morpholine rings is 1. The van der Waals surface area contributed by atoms with Crippen molar-refractivity contribution in [2.75, 3.05) is 33.4 Å². The van der Waals surface area contributed by atoms with Crippen LogP contribution in [0.25, 0.3) is 0 Å². The monoisotopic (exact) mass is 489 g/mol. The van der Waals surface area contributed by atoms with E-state index in [-0.39, 0.29) is 24.7 Å². The topological polar surface area (TPSA) is 103 Å². The van der Waals surface area contributed by atoms with Crippen LogP contribution in [-0.4, -0.2) is 66.7 Å². The van der Waals surface area contributed by atoms with Crippen molar-refractivity contribution < 1.29 is 23.4 Å². The molecule has 1 aromatic carbocycles. The summed E-state index contributed by atoms with van der Waals surface area (Å²) in [4.78, 5) is 25.9. The van der Waals surface area contributed by atoms with Gasteiger partial charge in [0.15, 0.2) is 0 Å². The summed E-state index contributed by atoms with van der Waals surface area (Å²) in [5.74, 6) is -0.215. The van der Waals surface area contributed by atoms with Crippen LogP contribution in [0.5, 0.6) is 0 Å². The zero-order valence-corrected chi connectivity index (χ0v) is 19.7. The minimum Gasteiger partial charge on any atom is -0.469 e. The number of aliphatic imine (C=N–C) groups is 2. The molecule has 1 saturated heterocycles. The van der Waals surface area contributed by atoms with Gasteiger partial charge < -0.3 is 9.47 Å². The number of carbonyl (C=O) groups excluding carboxylic acids is 1. The largest absolute Gasteiger partial charge is 0.667 e. The molecule has 0 saturated carbocycles. The Kier molecular flexibility index (Phi) is 7.77. The van der Waals surface area contributed by atoms with Gasteiger partial charge in [-0.1, -0.05) is 22.3 Å². The van der Waals surface area contributed by atoms with Crippen LogP contribution in [0.1, 0.15) is 24.1 Å². The Hall–Kier alpha value is -2.71. The number of halogens is 1. The van der Waals surface area contributed by atoms with E-state index in [1.54, 1.807) is 29.1 Å². The molecule has 3 heterocycles. The molecule has 1 fully saturated rings. The van der Waals surface area contributed by atoms with Crippen molar-refractivity contribution in [2.24, 2.45) is 9.98 Å². The van der Waals surface area contributed by atoms with E-state index in [9.17, 15) is 9.36 Å². The first-order valence-electron chi connectivity index (χ1n) is 10.5. The summed E-state index contributed by atoms with van der Waals surface area (Å²) >= 11 is 6.28. The van der Waals surface area contributed by atoms with Gasteiger partial charge in [0, 0.05) is 27.8 Å². The number of pyridine rings is 1. The minimum atomic E-state index is -2.21. The maximum atomic E-state index is 13.0. The van der Waals surface area contributed by atoms with E-state index in [1.165, 1.54) is 7.11 Å². The van der Waals surface area contributed by atoms with Gasteiger partial charge in [0.1, 0.15) is 6.04 Å². The molecule has 0 radical (unpaired) electrons. The van der Waals surface area contributed by atoms with Crippen LogP contribution >= 0.6 is 19.8 Å². The van der Waals surface area contributed by atoms with Crippen LogP contribution in [0.4, 0.5) is 5.69 Å². The molecule has 0 aliphatic carbocycles. The molecule has 1 unspecified atom stereocenters. The van der Waals surface area contributed by atoms with Gasteiger partial charge in [-0.15, -0.1) is 0 Å². The first-order chi connectivity index (χ1) is 16.0. The predicted molar refractivity (Wildman–Crippen MR) is 125 cm³/mol. The maximum absolute atomic E-state index is 13.0. The summed E-state index contributed by atoms with van der Waals surface area (Å²) < 4.78 is 30.7. The standard InChI is InChI=1S/C22H23ClN4O5P/c1-30-20(28)8-7-19-22(32-33(29)27-10-12-31-13-11-27)26-17-6-5-15(23)14-16(17)21(25-19)18-4-2-3-9-24-18/h2-6,9,14,19H,7-8,10-13H2,1H3/q+1/t19-/m0/s1. The van der Waals surface area contributed by atoms with Crippen molar-refractivity contribution in [3.8, 4) is 0 Å². The lowest BCUT2D eigenvalue weighted by Gasteiger charge is -2.17. The number of benzene rings is 1. The molecule has 1 aromatic heterocycles. The van der Waals surface area contributed by atoms with Crippen LogP contribution in [-0.2, 0) is 23.4 Å². The zero-order valence-electron chi connectivity index (χ0n) is 18.0. The van der Waals surface area contributed by atoms with Gasteiger partial charge in [-0.3, -0.25) is 14.8 Å². The Bertz CT molecular complexity index is 1090. The number of ether oxygens (including phenoxy) is 2. The Morgan fingerprint density at radius 3 is 2.82 bits per heavy atom. The highest BCUT2D eigenvalue weighted by molar-refractivity contribution is 7.37. The number of hydrogen-bond acceptors (Lipinski definition) is 8. The average molecular weight is 490 g/mol. The molecule has 0 bridgehead atoms. The molecule has 172 valence electrons. The first kappa shape index (κ1) is 23.4. The van der Waals surface area contributed by atoms with Gasteiger partial charge in [0.25, 0.3) is 5.90 Å². The lowest BCUT2D eigenvalue weighted by Crippen LogP contribution is -2.32. The molecule has 33 heavy (non-hydrogen) atoms. The van der Waals surface area contributed by atoms with Crippen molar-refractivity contribution in [2.45, 2.75) is 18.9 Å². The van der Waals surface area contributed by atoms with Crippen molar-refractivity contribution in [1.82, 2.24) is 9.65 Å². The molecule has 0 spiro atoms. The summed E-state index contributed by atoms with van der Waals surface area (Å²) in [5, 5.41) is 0.516. The van der Waals surface area contributed by atoms with Gasteiger partial charge >= 0.3 is 14.1 Å². The molecule has 4 rings (SSSR count). The lowest BCUT2D eigenvalue weighted by atomic mass is 10.0. The molecular weight excluding hydrogens is 467 g/mol. The number of carbonyl (C=O) groups is 1. The van der Waals surface area contributed by atoms with Crippen LogP contribution in [0, 0.1) is 0 Å². The summed E-state index contributed by atoms with van der Waals surface area (Å²) in [5.41, 5.74) is 2.42. The van der Waals surface area contributed by atoms with Crippen molar-refractivity contribution in [1.29, 1.82) is 0 Å². The first-order valence-corrected chi connectivity index (χ1v) is 12.0.